The number of benzene rings is 1. The first kappa shape index (κ1) is 15.1. The Morgan fingerprint density at radius 2 is 1.72 bits per heavy atom. The van der Waals surface area contributed by atoms with Gasteiger partial charge < -0.3 is 5.11 Å². The molecule has 0 aliphatic carbocycles. The van der Waals surface area contributed by atoms with Crippen molar-refractivity contribution >= 4 is 10.0 Å². The van der Waals surface area contributed by atoms with Gasteiger partial charge in [0.05, 0.1) is 11.0 Å². The molecule has 1 aromatic rings. The topological polar surface area (TPSA) is 66.4 Å². The first-order valence-corrected chi connectivity index (χ1v) is 7.72. The summed E-state index contributed by atoms with van der Waals surface area (Å²) in [4.78, 5) is 0.224. The maximum Gasteiger partial charge on any atom is 0.240 e. The second-order valence-corrected chi connectivity index (χ2v) is 6.08. The molecule has 1 atom stereocenters. The van der Waals surface area contributed by atoms with E-state index in [4.69, 9.17) is 0 Å². The van der Waals surface area contributed by atoms with Crippen molar-refractivity contribution in [2.45, 2.75) is 37.7 Å². The summed E-state index contributed by atoms with van der Waals surface area (Å²) in [6.45, 7) is 4.04. The Hall–Kier alpha value is -0.910. The lowest BCUT2D eigenvalue weighted by atomic mass is 9.97. The molecule has 0 heterocycles. The molecule has 2 N–H and O–H groups in total. The van der Waals surface area contributed by atoms with Gasteiger partial charge in [-0.2, -0.15) is 0 Å². The Morgan fingerprint density at radius 3 is 2.22 bits per heavy atom. The molecule has 1 aromatic carbocycles. The highest BCUT2D eigenvalue weighted by Crippen LogP contribution is 2.13. The monoisotopic (exact) mass is 271 g/mol. The zero-order valence-corrected chi connectivity index (χ0v) is 11.7. The van der Waals surface area contributed by atoms with E-state index >= 15 is 0 Å². The van der Waals surface area contributed by atoms with Gasteiger partial charge in [-0.25, -0.2) is 13.1 Å². The predicted molar refractivity (Wildman–Crippen MR) is 71.7 cm³/mol. The maximum atomic E-state index is 11.9. The van der Waals surface area contributed by atoms with Crippen LogP contribution in [0.4, 0.5) is 0 Å². The first-order chi connectivity index (χ1) is 8.51. The highest BCUT2D eigenvalue weighted by molar-refractivity contribution is 7.89. The summed E-state index contributed by atoms with van der Waals surface area (Å²) < 4.78 is 26.3. The number of nitrogens with one attached hydrogen (secondary N) is 1. The van der Waals surface area contributed by atoms with E-state index < -0.39 is 16.1 Å². The van der Waals surface area contributed by atoms with Crippen LogP contribution in [0.25, 0.3) is 0 Å². The second-order valence-electron chi connectivity index (χ2n) is 4.31. The van der Waals surface area contributed by atoms with Crippen LogP contribution in [0.3, 0.4) is 0 Å². The van der Waals surface area contributed by atoms with Gasteiger partial charge in [-0.15, -0.1) is 0 Å². The van der Waals surface area contributed by atoms with E-state index in [0.29, 0.717) is 0 Å². The minimum Gasteiger partial charge on any atom is -0.391 e. The van der Waals surface area contributed by atoms with Crippen molar-refractivity contribution in [1.29, 1.82) is 0 Å². The Labute approximate surface area is 109 Å². The summed E-state index contributed by atoms with van der Waals surface area (Å²) in [6, 6.07) is 8.17. The molecule has 18 heavy (non-hydrogen) atoms. The van der Waals surface area contributed by atoms with Crippen LogP contribution < -0.4 is 4.72 Å². The summed E-state index contributed by atoms with van der Waals surface area (Å²) in [5.74, 6) is 0.128. The summed E-state index contributed by atoms with van der Waals surface area (Å²) in [5.41, 5.74) is 0. The standard InChI is InChI=1S/C13H21NO3S/c1-3-11(4-2)13(15)10-14-18(16,17)12-8-6-5-7-9-12/h5-9,11,13-15H,3-4,10H2,1-2H3. The average molecular weight is 271 g/mol. The van der Waals surface area contributed by atoms with E-state index in [0.717, 1.165) is 12.8 Å². The lowest BCUT2D eigenvalue weighted by molar-refractivity contribution is 0.107. The third-order valence-electron chi connectivity index (χ3n) is 3.13. The normalized spacial score (nSPS) is 13.8. The van der Waals surface area contributed by atoms with Crippen LogP contribution in [-0.2, 0) is 10.0 Å². The van der Waals surface area contributed by atoms with Crippen molar-refractivity contribution in [2.24, 2.45) is 5.92 Å². The zero-order valence-electron chi connectivity index (χ0n) is 10.8. The lowest BCUT2D eigenvalue weighted by Crippen LogP contribution is -2.36. The highest BCUT2D eigenvalue weighted by Gasteiger charge is 2.19. The van der Waals surface area contributed by atoms with Crippen LogP contribution in [-0.4, -0.2) is 26.2 Å². The average Bonchev–Trinajstić information content (AvgIpc) is 2.39. The van der Waals surface area contributed by atoms with Crippen LogP contribution in [0.1, 0.15) is 26.7 Å². The predicted octanol–water partition coefficient (Wildman–Crippen LogP) is 1.76. The summed E-state index contributed by atoms with van der Waals surface area (Å²) >= 11 is 0. The number of hydrogen-bond acceptors (Lipinski definition) is 3. The van der Waals surface area contributed by atoms with Gasteiger partial charge in [-0.3, -0.25) is 0 Å². The summed E-state index contributed by atoms with van der Waals surface area (Å²) in [6.07, 6.45) is 1.04. The minimum atomic E-state index is -3.52. The Morgan fingerprint density at radius 1 is 1.17 bits per heavy atom. The number of sulfonamides is 1. The van der Waals surface area contributed by atoms with Crippen LogP contribution in [0, 0.1) is 5.92 Å². The molecule has 1 rings (SSSR count). The molecule has 0 fully saturated rings. The van der Waals surface area contributed by atoms with Gasteiger partial charge in [0.15, 0.2) is 0 Å². The fraction of sp³-hybridized carbons (Fsp3) is 0.538. The van der Waals surface area contributed by atoms with Crippen molar-refractivity contribution in [1.82, 2.24) is 4.72 Å². The number of hydrogen-bond donors (Lipinski definition) is 2. The third kappa shape index (κ3) is 4.08. The van der Waals surface area contributed by atoms with Gasteiger partial charge in [0.2, 0.25) is 10.0 Å². The molecule has 0 saturated heterocycles. The van der Waals surface area contributed by atoms with Gasteiger partial charge in [0.1, 0.15) is 0 Å². The molecule has 0 aliphatic rings. The summed E-state index contributed by atoms with van der Waals surface area (Å²) in [7, 11) is -3.52. The van der Waals surface area contributed by atoms with Gasteiger partial charge >= 0.3 is 0 Å². The Balaban J connectivity index is 2.63. The van der Waals surface area contributed by atoms with E-state index in [9.17, 15) is 13.5 Å². The second kappa shape index (κ2) is 6.87. The molecule has 5 heteroatoms. The molecule has 0 aromatic heterocycles. The van der Waals surface area contributed by atoms with E-state index in [1.165, 1.54) is 12.1 Å². The molecule has 0 radical (unpaired) electrons. The van der Waals surface area contributed by atoms with Crippen molar-refractivity contribution in [2.75, 3.05) is 6.54 Å². The number of rotatable bonds is 7. The van der Waals surface area contributed by atoms with Crippen LogP contribution in [0.5, 0.6) is 0 Å². The van der Waals surface area contributed by atoms with Crippen LogP contribution in [0.2, 0.25) is 0 Å². The van der Waals surface area contributed by atoms with Crippen molar-refractivity contribution in [3.8, 4) is 0 Å². The van der Waals surface area contributed by atoms with E-state index in [2.05, 4.69) is 4.72 Å². The molecule has 4 nitrogen and oxygen atoms in total. The van der Waals surface area contributed by atoms with Crippen LogP contribution >= 0.6 is 0 Å². The maximum absolute atomic E-state index is 11.9. The first-order valence-electron chi connectivity index (χ1n) is 6.24. The van der Waals surface area contributed by atoms with Gasteiger partial charge in [0.25, 0.3) is 0 Å². The van der Waals surface area contributed by atoms with E-state index in [-0.39, 0.29) is 17.4 Å². The Bertz CT molecular complexity index is 441. The van der Waals surface area contributed by atoms with Crippen molar-refractivity contribution in [3.05, 3.63) is 30.3 Å². The largest absolute Gasteiger partial charge is 0.391 e. The number of aliphatic hydroxyl groups is 1. The molecule has 0 spiro atoms. The smallest absolute Gasteiger partial charge is 0.240 e. The SMILES string of the molecule is CCC(CC)C(O)CNS(=O)(=O)c1ccccc1. The fourth-order valence-electron chi connectivity index (χ4n) is 1.88. The van der Waals surface area contributed by atoms with Crippen molar-refractivity contribution in [3.63, 3.8) is 0 Å². The molecular formula is C13H21NO3S. The number of aliphatic hydroxyl groups excluding tert-OH is 1. The van der Waals surface area contributed by atoms with E-state index in [1.807, 2.05) is 13.8 Å². The lowest BCUT2D eigenvalue weighted by Gasteiger charge is -2.20. The Kier molecular flexibility index (Phi) is 5.78. The van der Waals surface area contributed by atoms with E-state index in [1.54, 1.807) is 18.2 Å². The molecular weight excluding hydrogens is 250 g/mol. The zero-order chi connectivity index (χ0) is 13.6. The quantitative estimate of drug-likeness (QED) is 0.794. The molecule has 0 amide bonds. The van der Waals surface area contributed by atoms with Gasteiger partial charge in [-0.05, 0) is 18.1 Å². The minimum absolute atomic E-state index is 0.0591. The fourth-order valence-corrected chi connectivity index (χ4v) is 2.95. The molecule has 0 saturated carbocycles. The highest BCUT2D eigenvalue weighted by atomic mass is 32.2. The van der Waals surface area contributed by atoms with Crippen molar-refractivity contribution < 1.29 is 13.5 Å². The molecule has 0 bridgehead atoms. The van der Waals surface area contributed by atoms with Gasteiger partial charge in [0, 0.05) is 6.54 Å². The molecule has 1 unspecified atom stereocenters. The summed E-state index contributed by atoms with van der Waals surface area (Å²) in [5, 5.41) is 9.89. The van der Waals surface area contributed by atoms with Gasteiger partial charge in [-0.1, -0.05) is 44.9 Å². The van der Waals surface area contributed by atoms with Crippen LogP contribution in [0.15, 0.2) is 35.2 Å². The third-order valence-corrected chi connectivity index (χ3v) is 4.57. The molecule has 0 aliphatic heterocycles. The molecule has 102 valence electrons.